The van der Waals surface area contributed by atoms with Crippen molar-refractivity contribution in [1.82, 2.24) is 10.0 Å². The van der Waals surface area contributed by atoms with Crippen LogP contribution in [0.15, 0.2) is 24.3 Å². The monoisotopic (exact) mass is 312 g/mol. The second-order valence-corrected chi connectivity index (χ2v) is 7.44. The van der Waals surface area contributed by atoms with Gasteiger partial charge in [-0.3, -0.25) is 0 Å². The van der Waals surface area contributed by atoms with E-state index in [1.807, 2.05) is 12.1 Å². The summed E-state index contributed by atoms with van der Waals surface area (Å²) >= 11 is 0. The predicted molar refractivity (Wildman–Crippen MR) is 84.0 cm³/mol. The quantitative estimate of drug-likeness (QED) is 0.751. The van der Waals surface area contributed by atoms with Gasteiger partial charge in [-0.05, 0) is 30.5 Å². The van der Waals surface area contributed by atoms with Crippen molar-refractivity contribution < 1.29 is 13.2 Å². The van der Waals surface area contributed by atoms with E-state index in [9.17, 15) is 8.42 Å². The maximum Gasteiger partial charge on any atom is 0.208 e. The van der Waals surface area contributed by atoms with Gasteiger partial charge in [0.25, 0.3) is 0 Å². The van der Waals surface area contributed by atoms with E-state index in [4.69, 9.17) is 4.74 Å². The van der Waals surface area contributed by atoms with Crippen molar-refractivity contribution in [2.75, 3.05) is 26.5 Å². The highest BCUT2D eigenvalue weighted by Crippen LogP contribution is 2.39. The molecule has 1 aliphatic rings. The smallest absolute Gasteiger partial charge is 0.208 e. The standard InChI is InChI=1S/C15H24N2O3S/c1-20-14-7-5-13(6-8-14)15(9-3-4-10-15)16-11-12-17-21(2,18)19/h5-8,16-17H,3-4,9-12H2,1-2H3. The lowest BCUT2D eigenvalue weighted by Gasteiger charge is -2.31. The van der Waals surface area contributed by atoms with Crippen LogP contribution in [0.3, 0.4) is 0 Å². The average molecular weight is 312 g/mol. The molecule has 1 aliphatic carbocycles. The normalized spacial score (nSPS) is 17.8. The van der Waals surface area contributed by atoms with Gasteiger partial charge in [-0.2, -0.15) is 0 Å². The largest absolute Gasteiger partial charge is 0.497 e. The molecule has 0 amide bonds. The Kier molecular flexibility index (Phi) is 5.24. The highest BCUT2D eigenvalue weighted by Gasteiger charge is 2.34. The summed E-state index contributed by atoms with van der Waals surface area (Å²) in [4.78, 5) is 0. The van der Waals surface area contributed by atoms with Gasteiger partial charge in [0.1, 0.15) is 5.75 Å². The molecule has 1 saturated carbocycles. The summed E-state index contributed by atoms with van der Waals surface area (Å²) in [7, 11) is -1.46. The molecule has 0 atom stereocenters. The van der Waals surface area contributed by atoms with Crippen LogP contribution in [0.4, 0.5) is 0 Å². The van der Waals surface area contributed by atoms with Crippen LogP contribution in [0, 0.1) is 0 Å². The number of ether oxygens (including phenoxy) is 1. The summed E-state index contributed by atoms with van der Waals surface area (Å²) in [6.45, 7) is 1.04. The molecule has 1 aromatic rings. The van der Waals surface area contributed by atoms with Crippen LogP contribution in [-0.4, -0.2) is 34.9 Å². The van der Waals surface area contributed by atoms with E-state index in [-0.39, 0.29) is 5.54 Å². The first-order chi connectivity index (χ1) is 9.95. The van der Waals surface area contributed by atoms with E-state index in [1.165, 1.54) is 24.7 Å². The van der Waals surface area contributed by atoms with Crippen molar-refractivity contribution in [3.8, 4) is 5.75 Å². The van der Waals surface area contributed by atoms with Gasteiger partial charge in [0.15, 0.2) is 0 Å². The summed E-state index contributed by atoms with van der Waals surface area (Å²) < 4.78 is 29.9. The average Bonchev–Trinajstić information content (AvgIpc) is 2.93. The molecular weight excluding hydrogens is 288 g/mol. The minimum atomic E-state index is -3.12. The Hall–Kier alpha value is -1.11. The van der Waals surface area contributed by atoms with E-state index in [1.54, 1.807) is 7.11 Å². The number of hydrogen-bond acceptors (Lipinski definition) is 4. The molecule has 21 heavy (non-hydrogen) atoms. The summed E-state index contributed by atoms with van der Waals surface area (Å²) in [5.74, 6) is 0.852. The van der Waals surface area contributed by atoms with Crippen LogP contribution in [-0.2, 0) is 15.6 Å². The molecule has 5 nitrogen and oxygen atoms in total. The summed E-state index contributed by atoms with van der Waals surface area (Å²) in [5, 5.41) is 3.55. The van der Waals surface area contributed by atoms with Crippen LogP contribution in [0.1, 0.15) is 31.2 Å². The molecule has 2 N–H and O–H groups in total. The van der Waals surface area contributed by atoms with Crippen LogP contribution in [0.25, 0.3) is 0 Å². The molecule has 0 saturated heterocycles. The fraction of sp³-hybridized carbons (Fsp3) is 0.600. The zero-order valence-corrected chi connectivity index (χ0v) is 13.5. The molecule has 1 fully saturated rings. The van der Waals surface area contributed by atoms with E-state index >= 15 is 0 Å². The molecule has 118 valence electrons. The molecule has 0 heterocycles. The van der Waals surface area contributed by atoms with E-state index in [0.717, 1.165) is 18.6 Å². The van der Waals surface area contributed by atoms with Crippen molar-refractivity contribution in [3.05, 3.63) is 29.8 Å². The molecule has 2 rings (SSSR count). The Balaban J connectivity index is 2.02. The molecule has 1 aromatic carbocycles. The van der Waals surface area contributed by atoms with Crippen LogP contribution in [0.2, 0.25) is 0 Å². The Morgan fingerprint density at radius 1 is 1.14 bits per heavy atom. The lowest BCUT2D eigenvalue weighted by Crippen LogP contribution is -2.43. The van der Waals surface area contributed by atoms with Crippen LogP contribution >= 0.6 is 0 Å². The van der Waals surface area contributed by atoms with Gasteiger partial charge in [0.2, 0.25) is 10.0 Å². The van der Waals surface area contributed by atoms with Crippen molar-refractivity contribution in [3.63, 3.8) is 0 Å². The van der Waals surface area contributed by atoms with Gasteiger partial charge >= 0.3 is 0 Å². The second kappa shape index (κ2) is 6.77. The third-order valence-electron chi connectivity index (χ3n) is 4.05. The maximum absolute atomic E-state index is 11.1. The van der Waals surface area contributed by atoms with Crippen LogP contribution in [0.5, 0.6) is 5.75 Å². The fourth-order valence-electron chi connectivity index (χ4n) is 2.99. The van der Waals surface area contributed by atoms with Gasteiger partial charge in [-0.25, -0.2) is 13.1 Å². The number of nitrogens with one attached hydrogen (secondary N) is 2. The number of hydrogen-bond donors (Lipinski definition) is 2. The molecule has 6 heteroatoms. The minimum absolute atomic E-state index is 0.0363. The minimum Gasteiger partial charge on any atom is -0.497 e. The third-order valence-corrected chi connectivity index (χ3v) is 4.78. The first-order valence-electron chi connectivity index (χ1n) is 7.29. The first kappa shape index (κ1) is 16.3. The number of benzene rings is 1. The Morgan fingerprint density at radius 3 is 2.29 bits per heavy atom. The van der Waals surface area contributed by atoms with Crippen molar-refractivity contribution in [2.45, 2.75) is 31.2 Å². The van der Waals surface area contributed by atoms with Gasteiger partial charge in [0.05, 0.1) is 13.4 Å². The summed E-state index contributed by atoms with van der Waals surface area (Å²) in [6, 6.07) is 8.15. The highest BCUT2D eigenvalue weighted by molar-refractivity contribution is 7.88. The molecule has 0 spiro atoms. The van der Waals surface area contributed by atoms with Gasteiger partial charge in [-0.1, -0.05) is 25.0 Å². The SMILES string of the molecule is COc1ccc(C2(NCCNS(C)(=O)=O)CCCC2)cc1. The number of rotatable bonds is 7. The summed E-state index contributed by atoms with van der Waals surface area (Å²) in [6.07, 6.45) is 5.73. The second-order valence-electron chi connectivity index (χ2n) is 5.61. The molecule has 0 bridgehead atoms. The number of sulfonamides is 1. The predicted octanol–water partition coefficient (Wildman–Crippen LogP) is 1.60. The maximum atomic E-state index is 11.1. The van der Waals surface area contributed by atoms with E-state index in [0.29, 0.717) is 13.1 Å². The lowest BCUT2D eigenvalue weighted by atomic mass is 9.88. The third kappa shape index (κ3) is 4.43. The zero-order chi connectivity index (χ0) is 15.3. The zero-order valence-electron chi connectivity index (χ0n) is 12.7. The van der Waals surface area contributed by atoms with Crippen molar-refractivity contribution >= 4 is 10.0 Å². The molecule has 0 unspecified atom stereocenters. The topological polar surface area (TPSA) is 67.4 Å². The molecular formula is C15H24N2O3S. The Labute approximate surface area is 127 Å². The Bertz CT molecular complexity index is 549. The van der Waals surface area contributed by atoms with Gasteiger partial charge in [0, 0.05) is 18.6 Å². The summed E-state index contributed by atoms with van der Waals surface area (Å²) in [5.41, 5.74) is 1.21. The van der Waals surface area contributed by atoms with Gasteiger partial charge < -0.3 is 10.1 Å². The van der Waals surface area contributed by atoms with Crippen LogP contribution < -0.4 is 14.8 Å². The number of methoxy groups -OCH3 is 1. The van der Waals surface area contributed by atoms with Crippen molar-refractivity contribution in [2.24, 2.45) is 0 Å². The van der Waals surface area contributed by atoms with Gasteiger partial charge in [-0.15, -0.1) is 0 Å². The lowest BCUT2D eigenvalue weighted by molar-refractivity contribution is 0.343. The van der Waals surface area contributed by atoms with E-state index in [2.05, 4.69) is 22.2 Å². The highest BCUT2D eigenvalue weighted by atomic mass is 32.2. The Morgan fingerprint density at radius 2 is 1.76 bits per heavy atom. The van der Waals surface area contributed by atoms with E-state index < -0.39 is 10.0 Å². The van der Waals surface area contributed by atoms with Crippen molar-refractivity contribution in [1.29, 1.82) is 0 Å². The molecule has 0 aliphatic heterocycles. The fourth-order valence-corrected chi connectivity index (χ4v) is 3.47. The first-order valence-corrected chi connectivity index (χ1v) is 9.19. The molecule has 0 radical (unpaired) electrons. The molecule has 0 aromatic heterocycles.